The van der Waals surface area contributed by atoms with E-state index in [9.17, 15) is 13.2 Å². The van der Waals surface area contributed by atoms with Crippen LogP contribution in [0.15, 0.2) is 0 Å². The van der Waals surface area contributed by atoms with Crippen LogP contribution < -0.4 is 11.1 Å². The highest BCUT2D eigenvalue weighted by Crippen LogP contribution is 1.83. The van der Waals surface area contributed by atoms with E-state index in [-0.39, 0.29) is 6.54 Å². The molecule has 13 heavy (non-hydrogen) atoms. The molecule has 0 fully saturated rings. The first-order valence-corrected chi connectivity index (χ1v) is 6.01. The Kier molecular flexibility index (Phi) is 4.86. The lowest BCUT2D eigenvalue weighted by molar-refractivity contribution is -0.118. The molecule has 0 heterocycles. The lowest BCUT2D eigenvalue weighted by Gasteiger charge is -2.02. The van der Waals surface area contributed by atoms with Gasteiger partial charge in [0.15, 0.2) is 9.84 Å². The number of amides is 1. The summed E-state index contributed by atoms with van der Waals surface area (Å²) in [7, 11) is -3.25. The maximum atomic E-state index is 10.9. The first-order valence-electron chi connectivity index (χ1n) is 3.54. The summed E-state index contributed by atoms with van der Waals surface area (Å²) in [6.45, 7) is 0.281. The molecule has 0 bridgehead atoms. The maximum absolute atomic E-state index is 10.9. The topological polar surface area (TPSA) is 89.3 Å². The van der Waals surface area contributed by atoms with Gasteiger partial charge in [-0.1, -0.05) is 12.2 Å². The van der Waals surface area contributed by atoms with Crippen molar-refractivity contribution in [3.8, 4) is 0 Å². The second-order valence-electron chi connectivity index (χ2n) is 2.64. The molecule has 5 nitrogen and oxygen atoms in total. The van der Waals surface area contributed by atoms with Crippen molar-refractivity contribution in [2.45, 2.75) is 6.42 Å². The van der Waals surface area contributed by atoms with E-state index >= 15 is 0 Å². The zero-order valence-electron chi connectivity index (χ0n) is 7.24. The first kappa shape index (κ1) is 12.3. The molecule has 76 valence electrons. The lowest BCUT2D eigenvalue weighted by Crippen LogP contribution is -2.32. The van der Waals surface area contributed by atoms with Crippen LogP contribution in [-0.4, -0.2) is 37.9 Å². The Morgan fingerprint density at radius 1 is 1.54 bits per heavy atom. The van der Waals surface area contributed by atoms with Gasteiger partial charge < -0.3 is 11.1 Å². The monoisotopic (exact) mass is 224 g/mol. The number of thiocarbonyl (C=S) groups is 1. The summed E-state index contributed by atoms with van der Waals surface area (Å²) in [6, 6.07) is 0. The molecule has 3 N–H and O–H groups in total. The van der Waals surface area contributed by atoms with Crippen molar-refractivity contribution >= 4 is 33.0 Å². The molecule has 0 atom stereocenters. The lowest BCUT2D eigenvalue weighted by atomic mass is 10.4. The third kappa shape index (κ3) is 9.22. The molecule has 0 unspecified atom stereocenters. The summed E-state index contributed by atoms with van der Waals surface area (Å²) in [5.41, 5.74) is 5.17. The standard InChI is InChI=1S/C6H12N2O3S2/c1-13(10,11)4-6(9)8-3-2-5(7)12/h2-4H2,1H3,(H2,7,12)(H,8,9). The van der Waals surface area contributed by atoms with Crippen LogP contribution in [0.2, 0.25) is 0 Å². The van der Waals surface area contributed by atoms with Gasteiger partial charge in [0.25, 0.3) is 0 Å². The third-order valence-electron chi connectivity index (χ3n) is 1.09. The minimum atomic E-state index is -3.25. The van der Waals surface area contributed by atoms with E-state index in [2.05, 4.69) is 17.5 Å². The highest BCUT2D eigenvalue weighted by molar-refractivity contribution is 7.91. The number of nitrogens with two attached hydrogens (primary N) is 1. The first-order chi connectivity index (χ1) is 5.81. The van der Waals surface area contributed by atoms with Crippen molar-refractivity contribution in [2.75, 3.05) is 18.6 Å². The van der Waals surface area contributed by atoms with Crippen molar-refractivity contribution in [1.82, 2.24) is 5.32 Å². The van der Waals surface area contributed by atoms with Crippen LogP contribution in [0, 0.1) is 0 Å². The van der Waals surface area contributed by atoms with E-state index in [4.69, 9.17) is 5.73 Å². The Bertz CT molecular complexity index is 297. The Morgan fingerprint density at radius 2 is 2.08 bits per heavy atom. The molecule has 0 aromatic carbocycles. The van der Waals surface area contributed by atoms with E-state index < -0.39 is 21.5 Å². The Morgan fingerprint density at radius 3 is 2.46 bits per heavy atom. The second kappa shape index (κ2) is 5.13. The zero-order valence-corrected chi connectivity index (χ0v) is 8.87. The molecule has 0 radical (unpaired) electrons. The van der Waals surface area contributed by atoms with E-state index in [1.165, 1.54) is 0 Å². The van der Waals surface area contributed by atoms with Crippen molar-refractivity contribution in [3.63, 3.8) is 0 Å². The molecule has 0 aliphatic carbocycles. The van der Waals surface area contributed by atoms with Gasteiger partial charge in [0.2, 0.25) is 5.91 Å². The van der Waals surface area contributed by atoms with Gasteiger partial charge in [-0.2, -0.15) is 0 Å². The number of hydrogen-bond acceptors (Lipinski definition) is 4. The average Bonchev–Trinajstić information content (AvgIpc) is 1.81. The van der Waals surface area contributed by atoms with Gasteiger partial charge in [-0.3, -0.25) is 4.79 Å². The number of carbonyl (C=O) groups is 1. The van der Waals surface area contributed by atoms with E-state index in [1.807, 2.05) is 0 Å². The largest absolute Gasteiger partial charge is 0.393 e. The molecule has 0 rings (SSSR count). The van der Waals surface area contributed by atoms with Gasteiger partial charge in [0.05, 0.1) is 4.99 Å². The van der Waals surface area contributed by atoms with E-state index in [0.717, 1.165) is 6.26 Å². The average molecular weight is 224 g/mol. The highest BCUT2D eigenvalue weighted by atomic mass is 32.2. The minimum absolute atomic E-state index is 0.281. The van der Waals surface area contributed by atoms with Crippen molar-refractivity contribution in [2.24, 2.45) is 5.73 Å². The number of rotatable bonds is 5. The molecule has 0 aliphatic heterocycles. The number of nitrogens with one attached hydrogen (secondary N) is 1. The van der Waals surface area contributed by atoms with Crippen LogP contribution in [0.1, 0.15) is 6.42 Å². The number of sulfone groups is 1. The second-order valence-corrected chi connectivity index (χ2v) is 5.30. The van der Waals surface area contributed by atoms with Crippen molar-refractivity contribution < 1.29 is 13.2 Å². The number of carbonyl (C=O) groups excluding carboxylic acids is 1. The van der Waals surface area contributed by atoms with Crippen LogP contribution in [0.4, 0.5) is 0 Å². The minimum Gasteiger partial charge on any atom is -0.393 e. The maximum Gasteiger partial charge on any atom is 0.235 e. The smallest absolute Gasteiger partial charge is 0.235 e. The van der Waals surface area contributed by atoms with Gasteiger partial charge in [-0.25, -0.2) is 8.42 Å². The van der Waals surface area contributed by atoms with Crippen LogP contribution in [-0.2, 0) is 14.6 Å². The fraction of sp³-hybridized carbons (Fsp3) is 0.667. The molecule has 0 saturated carbocycles. The fourth-order valence-electron chi connectivity index (χ4n) is 0.614. The highest BCUT2D eigenvalue weighted by Gasteiger charge is 2.09. The zero-order chi connectivity index (χ0) is 10.5. The molecule has 0 spiro atoms. The molecular formula is C6H12N2O3S2. The Hall–Kier alpha value is -0.690. The Labute approximate surface area is 82.6 Å². The summed E-state index contributed by atoms with van der Waals surface area (Å²) < 4.78 is 21.3. The quantitative estimate of drug-likeness (QED) is 0.574. The molecular weight excluding hydrogens is 212 g/mol. The molecule has 1 amide bonds. The fourth-order valence-corrected chi connectivity index (χ4v) is 1.29. The predicted octanol–water partition coefficient (Wildman–Crippen LogP) is -1.18. The van der Waals surface area contributed by atoms with Crippen LogP contribution >= 0.6 is 12.2 Å². The molecule has 0 aromatic rings. The summed E-state index contributed by atoms with van der Waals surface area (Å²) in [5, 5.41) is 2.38. The predicted molar refractivity (Wildman–Crippen MR) is 54.1 cm³/mol. The van der Waals surface area contributed by atoms with Gasteiger partial charge in [0.1, 0.15) is 5.75 Å². The molecule has 7 heteroatoms. The number of hydrogen-bond donors (Lipinski definition) is 2. The van der Waals surface area contributed by atoms with Crippen LogP contribution in [0.25, 0.3) is 0 Å². The molecule has 0 aliphatic rings. The third-order valence-corrected chi connectivity index (χ3v) is 2.08. The van der Waals surface area contributed by atoms with Gasteiger partial charge >= 0.3 is 0 Å². The van der Waals surface area contributed by atoms with Crippen molar-refractivity contribution in [1.29, 1.82) is 0 Å². The SMILES string of the molecule is CS(=O)(=O)CC(=O)NCCC(N)=S. The van der Waals surface area contributed by atoms with Crippen LogP contribution in [0.5, 0.6) is 0 Å². The van der Waals surface area contributed by atoms with Crippen molar-refractivity contribution in [3.05, 3.63) is 0 Å². The Balaban J connectivity index is 3.71. The van der Waals surface area contributed by atoms with Gasteiger partial charge in [-0.15, -0.1) is 0 Å². The normalized spacial score (nSPS) is 10.8. The molecule has 0 saturated heterocycles. The van der Waals surface area contributed by atoms with Gasteiger partial charge in [-0.05, 0) is 0 Å². The summed E-state index contributed by atoms with van der Waals surface area (Å²) in [5.74, 6) is -1.02. The summed E-state index contributed by atoms with van der Waals surface area (Å²) in [4.78, 5) is 11.2. The molecule has 0 aromatic heterocycles. The summed E-state index contributed by atoms with van der Waals surface area (Å²) in [6.07, 6.45) is 1.38. The van der Waals surface area contributed by atoms with Crippen LogP contribution in [0.3, 0.4) is 0 Å². The van der Waals surface area contributed by atoms with E-state index in [0.29, 0.717) is 11.4 Å². The summed E-state index contributed by atoms with van der Waals surface area (Å²) >= 11 is 4.57. The van der Waals surface area contributed by atoms with E-state index in [1.54, 1.807) is 0 Å². The van der Waals surface area contributed by atoms with Gasteiger partial charge in [0, 0.05) is 19.2 Å².